The summed E-state index contributed by atoms with van der Waals surface area (Å²) >= 11 is 0. The molecule has 66 valence electrons. The number of rotatable bonds is 1. The van der Waals surface area contributed by atoms with Crippen molar-refractivity contribution in [1.82, 2.24) is 4.31 Å². The summed E-state index contributed by atoms with van der Waals surface area (Å²) in [6, 6.07) is 0.194. The molecule has 0 aromatic rings. The molecule has 1 rings (SSSR count). The van der Waals surface area contributed by atoms with Gasteiger partial charge in [-0.25, -0.2) is 8.42 Å². The average molecular weight is 177 g/mol. The van der Waals surface area contributed by atoms with E-state index < -0.39 is 10.0 Å². The zero-order chi connectivity index (χ0) is 8.65. The fourth-order valence-corrected chi connectivity index (χ4v) is 2.99. The van der Waals surface area contributed by atoms with Crippen LogP contribution in [0.3, 0.4) is 0 Å². The Balaban J connectivity index is 2.76. The SMILES string of the molecule is CC1CC(C)N(S(C)(=O)=O)C1. The largest absolute Gasteiger partial charge is 0.212 e. The van der Waals surface area contributed by atoms with Gasteiger partial charge in [0.1, 0.15) is 0 Å². The van der Waals surface area contributed by atoms with Gasteiger partial charge in [-0.3, -0.25) is 0 Å². The Kier molecular flexibility index (Phi) is 2.25. The van der Waals surface area contributed by atoms with Gasteiger partial charge < -0.3 is 0 Å². The van der Waals surface area contributed by atoms with Crippen LogP contribution in [0.25, 0.3) is 0 Å². The maximum Gasteiger partial charge on any atom is 0.211 e. The van der Waals surface area contributed by atoms with E-state index in [1.54, 1.807) is 4.31 Å². The molecule has 0 saturated carbocycles. The smallest absolute Gasteiger partial charge is 0.211 e. The highest BCUT2D eigenvalue weighted by molar-refractivity contribution is 7.88. The molecule has 1 aliphatic heterocycles. The molecule has 0 aromatic carbocycles. The Morgan fingerprint density at radius 3 is 2.09 bits per heavy atom. The van der Waals surface area contributed by atoms with Crippen LogP contribution in [0, 0.1) is 5.92 Å². The van der Waals surface area contributed by atoms with Gasteiger partial charge in [0.05, 0.1) is 6.26 Å². The Hall–Kier alpha value is -0.0900. The Morgan fingerprint density at radius 1 is 1.36 bits per heavy atom. The van der Waals surface area contributed by atoms with Crippen LogP contribution in [0.2, 0.25) is 0 Å². The van der Waals surface area contributed by atoms with Gasteiger partial charge in [-0.05, 0) is 19.3 Å². The molecule has 0 bridgehead atoms. The maximum atomic E-state index is 11.1. The minimum atomic E-state index is -2.95. The van der Waals surface area contributed by atoms with E-state index in [-0.39, 0.29) is 6.04 Å². The highest BCUT2D eigenvalue weighted by Crippen LogP contribution is 2.24. The molecule has 1 heterocycles. The molecule has 0 radical (unpaired) electrons. The number of hydrogen-bond donors (Lipinski definition) is 0. The minimum absolute atomic E-state index is 0.194. The van der Waals surface area contributed by atoms with Gasteiger partial charge in [-0.15, -0.1) is 0 Å². The lowest BCUT2D eigenvalue weighted by molar-refractivity contribution is 0.409. The highest BCUT2D eigenvalue weighted by atomic mass is 32.2. The van der Waals surface area contributed by atoms with Crippen LogP contribution in [0.15, 0.2) is 0 Å². The van der Waals surface area contributed by atoms with E-state index in [2.05, 4.69) is 6.92 Å². The second-order valence-electron chi connectivity index (χ2n) is 3.52. The summed E-state index contributed by atoms with van der Waals surface area (Å²) < 4.78 is 23.8. The van der Waals surface area contributed by atoms with Gasteiger partial charge in [0.25, 0.3) is 0 Å². The molecule has 0 N–H and O–H groups in total. The summed E-state index contributed by atoms with van der Waals surface area (Å²) in [5.41, 5.74) is 0. The summed E-state index contributed by atoms with van der Waals surface area (Å²) in [6.45, 7) is 4.74. The van der Waals surface area contributed by atoms with Gasteiger partial charge in [0.2, 0.25) is 10.0 Å². The summed E-state index contributed by atoms with van der Waals surface area (Å²) in [5.74, 6) is 0.514. The Morgan fingerprint density at radius 2 is 1.91 bits per heavy atom. The summed E-state index contributed by atoms with van der Waals surface area (Å²) in [6.07, 6.45) is 2.27. The van der Waals surface area contributed by atoms with Crippen LogP contribution < -0.4 is 0 Å². The normalized spacial score (nSPS) is 34.5. The van der Waals surface area contributed by atoms with Crippen LogP contribution >= 0.6 is 0 Å². The first-order valence-electron chi connectivity index (χ1n) is 3.88. The lowest BCUT2D eigenvalue weighted by Gasteiger charge is -2.17. The van der Waals surface area contributed by atoms with Crippen molar-refractivity contribution in [3.63, 3.8) is 0 Å². The fourth-order valence-electron chi connectivity index (χ4n) is 1.72. The molecule has 0 aliphatic carbocycles. The van der Waals surface area contributed by atoms with Crippen molar-refractivity contribution in [2.24, 2.45) is 5.92 Å². The molecule has 2 unspecified atom stereocenters. The van der Waals surface area contributed by atoms with Gasteiger partial charge >= 0.3 is 0 Å². The van der Waals surface area contributed by atoms with Crippen LogP contribution in [-0.4, -0.2) is 31.6 Å². The van der Waals surface area contributed by atoms with Crippen molar-refractivity contribution in [3.05, 3.63) is 0 Å². The van der Waals surface area contributed by atoms with Crippen molar-refractivity contribution in [2.45, 2.75) is 26.3 Å². The molecule has 0 aromatic heterocycles. The van der Waals surface area contributed by atoms with Crippen LogP contribution in [0.1, 0.15) is 20.3 Å². The third-order valence-corrected chi connectivity index (χ3v) is 3.51. The van der Waals surface area contributed by atoms with E-state index >= 15 is 0 Å². The molecular formula is C7H15NO2S. The van der Waals surface area contributed by atoms with Crippen LogP contribution in [0.4, 0.5) is 0 Å². The number of nitrogens with zero attached hydrogens (tertiary/aromatic N) is 1. The minimum Gasteiger partial charge on any atom is -0.212 e. The summed E-state index contributed by atoms with van der Waals surface area (Å²) in [7, 11) is -2.95. The lowest BCUT2D eigenvalue weighted by Crippen LogP contribution is -2.32. The first kappa shape index (κ1) is 9.00. The van der Waals surface area contributed by atoms with Gasteiger partial charge in [-0.2, -0.15) is 4.31 Å². The molecule has 1 aliphatic rings. The highest BCUT2D eigenvalue weighted by Gasteiger charge is 2.31. The first-order chi connectivity index (χ1) is 4.91. The van der Waals surface area contributed by atoms with Crippen molar-refractivity contribution >= 4 is 10.0 Å². The van der Waals surface area contributed by atoms with Crippen LogP contribution in [-0.2, 0) is 10.0 Å². The van der Waals surface area contributed by atoms with Crippen molar-refractivity contribution in [2.75, 3.05) is 12.8 Å². The maximum absolute atomic E-state index is 11.1. The van der Waals surface area contributed by atoms with E-state index in [4.69, 9.17) is 0 Å². The first-order valence-corrected chi connectivity index (χ1v) is 5.73. The summed E-state index contributed by atoms with van der Waals surface area (Å²) in [5, 5.41) is 0. The molecule has 1 saturated heterocycles. The number of sulfonamides is 1. The molecular weight excluding hydrogens is 162 g/mol. The van der Waals surface area contributed by atoms with Crippen molar-refractivity contribution in [1.29, 1.82) is 0 Å². The molecule has 0 spiro atoms. The van der Waals surface area contributed by atoms with Crippen LogP contribution in [0.5, 0.6) is 0 Å². The van der Waals surface area contributed by atoms with Gasteiger partial charge in [-0.1, -0.05) is 6.92 Å². The quantitative estimate of drug-likeness (QED) is 0.590. The monoisotopic (exact) mass is 177 g/mol. The second-order valence-corrected chi connectivity index (χ2v) is 5.46. The standard InChI is InChI=1S/C7H15NO2S/c1-6-4-7(2)8(5-6)11(3,9)10/h6-7H,4-5H2,1-3H3. The lowest BCUT2D eigenvalue weighted by atomic mass is 10.1. The zero-order valence-corrected chi connectivity index (χ0v) is 8.06. The van der Waals surface area contributed by atoms with E-state index in [0.29, 0.717) is 12.5 Å². The third kappa shape index (κ3) is 1.93. The Labute approximate surface area is 68.4 Å². The predicted octanol–water partition coefficient (Wildman–Crippen LogP) is 0.676. The van der Waals surface area contributed by atoms with Gasteiger partial charge in [0, 0.05) is 12.6 Å². The predicted molar refractivity (Wildman–Crippen MR) is 44.8 cm³/mol. The van der Waals surface area contributed by atoms with E-state index in [1.807, 2.05) is 6.92 Å². The molecule has 11 heavy (non-hydrogen) atoms. The van der Waals surface area contributed by atoms with Crippen molar-refractivity contribution < 1.29 is 8.42 Å². The van der Waals surface area contributed by atoms with Crippen molar-refractivity contribution in [3.8, 4) is 0 Å². The van der Waals surface area contributed by atoms with Gasteiger partial charge in [0.15, 0.2) is 0 Å². The molecule has 3 nitrogen and oxygen atoms in total. The molecule has 2 atom stereocenters. The third-order valence-electron chi connectivity index (χ3n) is 2.15. The zero-order valence-electron chi connectivity index (χ0n) is 7.24. The summed E-state index contributed by atoms with van der Waals surface area (Å²) in [4.78, 5) is 0. The van der Waals surface area contributed by atoms with E-state index in [0.717, 1.165) is 6.42 Å². The average Bonchev–Trinajstić information content (AvgIpc) is 2.08. The molecule has 4 heteroatoms. The molecule has 0 amide bonds. The topological polar surface area (TPSA) is 37.4 Å². The Bertz CT molecular complexity index is 235. The number of hydrogen-bond acceptors (Lipinski definition) is 2. The fraction of sp³-hybridized carbons (Fsp3) is 1.00. The second kappa shape index (κ2) is 2.75. The molecule has 1 fully saturated rings. The van der Waals surface area contributed by atoms with E-state index in [9.17, 15) is 8.42 Å². The van der Waals surface area contributed by atoms with E-state index in [1.165, 1.54) is 6.26 Å².